The van der Waals surface area contributed by atoms with E-state index in [4.69, 9.17) is 9.26 Å². The molecule has 0 saturated heterocycles. The van der Waals surface area contributed by atoms with Crippen molar-refractivity contribution in [2.24, 2.45) is 11.3 Å². The van der Waals surface area contributed by atoms with E-state index in [-0.39, 0.29) is 28.2 Å². The molecule has 2 aromatic carbocycles. The minimum absolute atomic E-state index is 0.0235. The highest BCUT2D eigenvalue weighted by Crippen LogP contribution is 2.26. The normalized spacial score (nSPS) is 13.0. The third kappa shape index (κ3) is 8.49. The number of rotatable bonds is 10. The number of sulfonamides is 1. The molecule has 0 aliphatic carbocycles. The highest BCUT2D eigenvalue weighted by molar-refractivity contribution is 7.92. The minimum atomic E-state index is -3.99. The molecule has 0 aliphatic heterocycles. The van der Waals surface area contributed by atoms with E-state index in [2.05, 4.69) is 25.5 Å². The molecule has 11 nitrogen and oxygen atoms in total. The van der Waals surface area contributed by atoms with Crippen molar-refractivity contribution < 1.29 is 31.7 Å². The van der Waals surface area contributed by atoms with Gasteiger partial charge in [0.2, 0.25) is 17.6 Å². The number of carbonyl (C=O) groups excluding carboxylic acids is 2. The zero-order valence-corrected chi connectivity index (χ0v) is 24.9. The Hall–Kier alpha value is -4.00. The number of aromatic nitrogens is 2. The first-order valence-corrected chi connectivity index (χ1v) is 14.4. The third-order valence-corrected chi connectivity index (χ3v) is 7.19. The number of anilines is 2. The number of nitrogens with zero attached hydrogens (tertiary/aromatic N) is 2. The lowest BCUT2D eigenvalue weighted by atomic mass is 9.94. The van der Waals surface area contributed by atoms with Gasteiger partial charge in [0.05, 0.1) is 16.0 Å². The molecular formula is C28H36FN5O6S. The predicted octanol–water partition coefficient (Wildman–Crippen LogP) is 5.69. The summed E-state index contributed by atoms with van der Waals surface area (Å²) >= 11 is 0. The second kappa shape index (κ2) is 12.2. The van der Waals surface area contributed by atoms with Crippen LogP contribution in [0.3, 0.4) is 0 Å². The molecule has 0 unspecified atom stereocenters. The summed E-state index contributed by atoms with van der Waals surface area (Å²) in [6.07, 6.45) is -0.616. The molecule has 0 fully saturated rings. The Balaban J connectivity index is 1.73. The molecule has 41 heavy (non-hydrogen) atoms. The molecule has 3 rings (SSSR count). The molecule has 1 aromatic heterocycles. The van der Waals surface area contributed by atoms with E-state index in [0.29, 0.717) is 11.3 Å². The Kier molecular flexibility index (Phi) is 9.42. The first kappa shape index (κ1) is 31.5. The smallest absolute Gasteiger partial charge is 0.408 e. The molecule has 222 valence electrons. The van der Waals surface area contributed by atoms with E-state index in [1.807, 2.05) is 13.8 Å². The van der Waals surface area contributed by atoms with Gasteiger partial charge >= 0.3 is 6.09 Å². The van der Waals surface area contributed by atoms with Gasteiger partial charge in [0.1, 0.15) is 18.3 Å². The van der Waals surface area contributed by atoms with Crippen molar-refractivity contribution in [1.29, 1.82) is 0 Å². The summed E-state index contributed by atoms with van der Waals surface area (Å²) in [4.78, 5) is 28.9. The van der Waals surface area contributed by atoms with Crippen molar-refractivity contribution in [1.82, 2.24) is 15.5 Å². The van der Waals surface area contributed by atoms with Crippen LogP contribution in [0.15, 0.2) is 57.9 Å². The Morgan fingerprint density at radius 1 is 1.02 bits per heavy atom. The van der Waals surface area contributed by atoms with Crippen LogP contribution in [0.5, 0.6) is 0 Å². The summed E-state index contributed by atoms with van der Waals surface area (Å²) in [5.41, 5.74) is -0.861. The van der Waals surface area contributed by atoms with Crippen molar-refractivity contribution in [3.63, 3.8) is 0 Å². The van der Waals surface area contributed by atoms with Crippen LogP contribution in [-0.4, -0.2) is 42.8 Å². The zero-order valence-electron chi connectivity index (χ0n) is 24.1. The van der Waals surface area contributed by atoms with Gasteiger partial charge < -0.3 is 19.9 Å². The number of hydrogen-bond acceptors (Lipinski definition) is 8. The summed E-state index contributed by atoms with van der Waals surface area (Å²) in [6.45, 7) is 11.1. The van der Waals surface area contributed by atoms with Crippen LogP contribution in [0.25, 0.3) is 11.4 Å². The number of hydrogen-bond donors (Lipinski definition) is 3. The van der Waals surface area contributed by atoms with E-state index in [1.165, 1.54) is 50.2 Å². The number of alkyl halides is 1. The van der Waals surface area contributed by atoms with Gasteiger partial charge in [-0.1, -0.05) is 25.1 Å². The van der Waals surface area contributed by atoms with Crippen LogP contribution in [0, 0.1) is 11.3 Å². The molecule has 3 aromatic rings. The van der Waals surface area contributed by atoms with E-state index in [1.54, 1.807) is 32.9 Å². The van der Waals surface area contributed by atoms with E-state index in [0.717, 1.165) is 0 Å². The maximum Gasteiger partial charge on any atom is 0.408 e. The van der Waals surface area contributed by atoms with Gasteiger partial charge in [0.15, 0.2) is 0 Å². The number of nitrogens with one attached hydrogen (secondary N) is 3. The average molecular weight is 590 g/mol. The molecule has 1 heterocycles. The highest BCUT2D eigenvalue weighted by Gasteiger charge is 2.29. The molecule has 1 atom stereocenters. The fraction of sp³-hybridized carbons (Fsp3) is 0.429. The summed E-state index contributed by atoms with van der Waals surface area (Å²) in [5.74, 6) is -0.216. The molecule has 0 saturated carbocycles. The Labute approximate surface area is 239 Å². The third-order valence-electron chi connectivity index (χ3n) is 5.79. The summed E-state index contributed by atoms with van der Waals surface area (Å²) in [5, 5.41) is 9.33. The number of benzene rings is 2. The van der Waals surface area contributed by atoms with Crippen LogP contribution >= 0.6 is 0 Å². The average Bonchev–Trinajstić information content (AvgIpc) is 3.36. The van der Waals surface area contributed by atoms with Gasteiger partial charge in [0.25, 0.3) is 10.0 Å². The topological polar surface area (TPSA) is 153 Å². The highest BCUT2D eigenvalue weighted by atomic mass is 32.2. The second-order valence-electron chi connectivity index (χ2n) is 11.5. The Morgan fingerprint density at radius 3 is 2.24 bits per heavy atom. The monoisotopic (exact) mass is 589 g/mol. The molecule has 0 radical (unpaired) electrons. The zero-order chi connectivity index (χ0) is 30.6. The summed E-state index contributed by atoms with van der Waals surface area (Å²) in [6, 6.07) is 11.4. The van der Waals surface area contributed by atoms with Crippen molar-refractivity contribution in [3.8, 4) is 11.4 Å². The van der Waals surface area contributed by atoms with E-state index < -0.39 is 45.8 Å². The quantitative estimate of drug-likeness (QED) is 0.273. The number of alkyl carbamates (subject to hydrolysis) is 1. The first-order valence-electron chi connectivity index (χ1n) is 12.9. The van der Waals surface area contributed by atoms with Crippen LogP contribution in [0.4, 0.5) is 20.6 Å². The fourth-order valence-corrected chi connectivity index (χ4v) is 4.50. The molecule has 13 heteroatoms. The largest absolute Gasteiger partial charge is 0.444 e. The maximum atomic E-state index is 13.1. The molecule has 0 bridgehead atoms. The van der Waals surface area contributed by atoms with Gasteiger partial charge in [0, 0.05) is 11.3 Å². The first-order chi connectivity index (χ1) is 19.0. The maximum absolute atomic E-state index is 13.1. The Morgan fingerprint density at radius 2 is 1.66 bits per heavy atom. The van der Waals surface area contributed by atoms with Gasteiger partial charge in [-0.3, -0.25) is 9.52 Å². The lowest BCUT2D eigenvalue weighted by Crippen LogP contribution is -2.37. The van der Waals surface area contributed by atoms with Crippen LogP contribution in [-0.2, 0) is 19.6 Å². The Bertz CT molecular complexity index is 1480. The summed E-state index contributed by atoms with van der Waals surface area (Å²) in [7, 11) is -3.99. The number of ether oxygens (including phenoxy) is 1. The van der Waals surface area contributed by atoms with Gasteiger partial charge in [-0.15, -0.1) is 0 Å². The predicted molar refractivity (Wildman–Crippen MR) is 152 cm³/mol. The van der Waals surface area contributed by atoms with Crippen molar-refractivity contribution in [2.45, 2.75) is 65.0 Å². The SMILES string of the molecule is CC(C)[C@H](NC(=O)OC(C)(C)C)c1nc(-c2ccc(S(=O)(=O)Nc3cccc(NC(=O)C(C)(C)CF)c3)cc2)no1. The van der Waals surface area contributed by atoms with E-state index in [9.17, 15) is 22.4 Å². The van der Waals surface area contributed by atoms with Crippen molar-refractivity contribution >= 4 is 33.4 Å². The molecule has 2 amide bonds. The minimum Gasteiger partial charge on any atom is -0.444 e. The van der Waals surface area contributed by atoms with Crippen molar-refractivity contribution in [2.75, 3.05) is 16.7 Å². The van der Waals surface area contributed by atoms with Gasteiger partial charge in [-0.25, -0.2) is 17.6 Å². The molecular weight excluding hydrogens is 553 g/mol. The summed E-state index contributed by atoms with van der Waals surface area (Å²) < 4.78 is 52.3. The molecule has 3 N–H and O–H groups in total. The number of carbonyl (C=O) groups is 2. The molecule has 0 aliphatic rings. The van der Waals surface area contributed by atoms with E-state index >= 15 is 0 Å². The lowest BCUT2D eigenvalue weighted by molar-refractivity contribution is -0.124. The lowest BCUT2D eigenvalue weighted by Gasteiger charge is -2.23. The van der Waals surface area contributed by atoms with Crippen LogP contribution in [0.1, 0.15) is 60.4 Å². The fourth-order valence-electron chi connectivity index (χ4n) is 3.45. The number of amides is 2. The number of halogens is 1. The second-order valence-corrected chi connectivity index (χ2v) is 13.2. The van der Waals surface area contributed by atoms with Gasteiger partial charge in [-0.2, -0.15) is 4.98 Å². The van der Waals surface area contributed by atoms with Crippen LogP contribution < -0.4 is 15.4 Å². The van der Waals surface area contributed by atoms with Crippen LogP contribution in [0.2, 0.25) is 0 Å². The standard InChI is InChI=1S/C28H36FN5O6S/c1-17(2)22(31-26(36)39-27(3,4)5)24-32-23(33-40-24)18-11-13-21(14-12-18)41(37,38)34-20-10-8-9-19(15-20)30-25(35)28(6,7)16-29/h8-15,17,22,34H,16H2,1-7H3,(H,30,35)(H,31,36)/t22-/m0/s1. The molecule has 0 spiro atoms. The van der Waals surface area contributed by atoms with Gasteiger partial charge in [-0.05, 0) is 83.0 Å². The van der Waals surface area contributed by atoms with Crippen molar-refractivity contribution in [3.05, 3.63) is 54.4 Å².